The Kier molecular flexibility index (Phi) is 8.14. The van der Waals surface area contributed by atoms with E-state index in [2.05, 4.69) is 15.9 Å². The van der Waals surface area contributed by atoms with Crippen LogP contribution in [0.1, 0.15) is 22.3 Å². The summed E-state index contributed by atoms with van der Waals surface area (Å²) < 4.78 is 6.92. The maximum Gasteiger partial charge on any atom is 0.271 e. The SMILES string of the molecule is Cc1ccc(N=C2S/C(=C\c3cc(Br)ccc3OCc3ccc([N+](=O)[O-])cc3)C(=O)N2c2ccc(C)cc2)cc1. The molecule has 200 valence electrons. The van der Waals surface area contributed by atoms with E-state index in [4.69, 9.17) is 9.73 Å². The second kappa shape index (κ2) is 11.9. The molecule has 0 bridgehead atoms. The lowest BCUT2D eigenvalue weighted by molar-refractivity contribution is -0.384. The van der Waals surface area contributed by atoms with E-state index < -0.39 is 4.92 Å². The molecule has 0 aliphatic carbocycles. The van der Waals surface area contributed by atoms with E-state index in [0.717, 1.165) is 32.5 Å². The highest BCUT2D eigenvalue weighted by molar-refractivity contribution is 9.10. The number of thioether (sulfide) groups is 1. The molecule has 1 aliphatic rings. The first-order valence-corrected chi connectivity index (χ1v) is 14.0. The second-order valence-corrected chi connectivity index (χ2v) is 11.1. The molecule has 1 aliphatic heterocycles. The number of hydrogen-bond donors (Lipinski definition) is 0. The Hall–Kier alpha value is -4.21. The fraction of sp³-hybridized carbons (Fsp3) is 0.0968. The number of ether oxygens (including phenoxy) is 1. The number of nitrogens with zero attached hydrogens (tertiary/aromatic N) is 3. The Labute approximate surface area is 244 Å². The summed E-state index contributed by atoms with van der Waals surface area (Å²) in [4.78, 5) is 31.2. The smallest absolute Gasteiger partial charge is 0.271 e. The molecule has 1 heterocycles. The molecule has 0 saturated carbocycles. The van der Waals surface area contributed by atoms with E-state index in [1.165, 1.54) is 23.9 Å². The number of aliphatic imine (C=N–C) groups is 1. The highest BCUT2D eigenvalue weighted by atomic mass is 79.9. The van der Waals surface area contributed by atoms with Gasteiger partial charge in [0.25, 0.3) is 11.6 Å². The van der Waals surface area contributed by atoms with Crippen LogP contribution in [0, 0.1) is 24.0 Å². The van der Waals surface area contributed by atoms with E-state index in [1.807, 2.05) is 86.7 Å². The van der Waals surface area contributed by atoms with Gasteiger partial charge in [0.05, 0.1) is 21.2 Å². The maximum atomic E-state index is 13.8. The summed E-state index contributed by atoms with van der Waals surface area (Å²) in [6.45, 7) is 4.23. The molecule has 1 fully saturated rings. The van der Waals surface area contributed by atoms with Crippen LogP contribution in [-0.2, 0) is 11.4 Å². The normalized spacial score (nSPS) is 15.2. The molecule has 40 heavy (non-hydrogen) atoms. The van der Waals surface area contributed by atoms with Crippen LogP contribution < -0.4 is 9.64 Å². The topological polar surface area (TPSA) is 85.0 Å². The molecule has 0 aromatic heterocycles. The number of rotatable bonds is 7. The van der Waals surface area contributed by atoms with E-state index in [1.54, 1.807) is 17.0 Å². The Morgan fingerprint density at radius 1 is 0.950 bits per heavy atom. The lowest BCUT2D eigenvalue weighted by Crippen LogP contribution is -2.28. The molecule has 0 spiro atoms. The molecular formula is C31H24BrN3O4S. The first-order chi connectivity index (χ1) is 19.3. The van der Waals surface area contributed by atoms with Gasteiger partial charge in [-0.1, -0.05) is 51.3 Å². The minimum absolute atomic E-state index is 0.0239. The van der Waals surface area contributed by atoms with Crippen molar-refractivity contribution in [1.29, 1.82) is 0 Å². The molecule has 1 amide bonds. The third-order valence-corrected chi connectivity index (χ3v) is 7.62. The molecule has 1 saturated heterocycles. The Morgan fingerprint density at radius 2 is 1.60 bits per heavy atom. The predicted molar refractivity (Wildman–Crippen MR) is 164 cm³/mol. The quantitative estimate of drug-likeness (QED) is 0.119. The van der Waals surface area contributed by atoms with Gasteiger partial charge in [0.1, 0.15) is 12.4 Å². The van der Waals surface area contributed by atoms with Gasteiger partial charge in [-0.25, -0.2) is 4.99 Å². The van der Waals surface area contributed by atoms with E-state index in [0.29, 0.717) is 21.4 Å². The number of aryl methyl sites for hydroxylation is 2. The highest BCUT2D eigenvalue weighted by Crippen LogP contribution is 2.39. The van der Waals surface area contributed by atoms with Crippen molar-refractivity contribution in [3.8, 4) is 5.75 Å². The summed E-state index contributed by atoms with van der Waals surface area (Å²) >= 11 is 4.83. The number of benzene rings is 4. The molecule has 0 unspecified atom stereocenters. The molecule has 0 atom stereocenters. The second-order valence-electron chi connectivity index (χ2n) is 9.21. The van der Waals surface area contributed by atoms with Crippen molar-refractivity contribution in [3.05, 3.63) is 133 Å². The van der Waals surface area contributed by atoms with E-state index >= 15 is 0 Å². The summed E-state index contributed by atoms with van der Waals surface area (Å²) in [5, 5.41) is 11.5. The molecule has 5 rings (SSSR count). The first-order valence-electron chi connectivity index (χ1n) is 12.4. The van der Waals surface area contributed by atoms with Crippen molar-refractivity contribution in [2.24, 2.45) is 4.99 Å². The van der Waals surface area contributed by atoms with Crippen molar-refractivity contribution < 1.29 is 14.5 Å². The molecule has 7 nitrogen and oxygen atoms in total. The number of halogens is 1. The number of amidine groups is 1. The Bertz CT molecular complexity index is 1630. The number of non-ortho nitro benzene ring substituents is 1. The zero-order valence-corrected chi connectivity index (χ0v) is 24.1. The number of nitro benzene ring substituents is 1. The lowest BCUT2D eigenvalue weighted by Gasteiger charge is -2.16. The fourth-order valence-electron chi connectivity index (χ4n) is 3.98. The number of carbonyl (C=O) groups is 1. The summed E-state index contributed by atoms with van der Waals surface area (Å²) in [7, 11) is 0. The minimum atomic E-state index is -0.434. The van der Waals surface area contributed by atoms with Crippen LogP contribution in [0.15, 0.2) is 105 Å². The standard InChI is InChI=1S/C31H24BrN3O4S/c1-20-3-10-25(11-4-20)33-31-34(26-12-5-21(2)6-13-26)30(36)29(40-31)18-23-17-24(32)9-16-28(23)39-19-22-7-14-27(15-8-22)35(37)38/h3-18H,19H2,1-2H3/b29-18-,33-31?. The monoisotopic (exact) mass is 613 g/mol. The van der Waals surface area contributed by atoms with Crippen molar-refractivity contribution >= 4 is 61.9 Å². The third kappa shape index (κ3) is 6.32. The van der Waals surface area contributed by atoms with Gasteiger partial charge in [-0.2, -0.15) is 0 Å². The fourth-order valence-corrected chi connectivity index (χ4v) is 5.35. The van der Waals surface area contributed by atoms with Crippen LogP contribution in [0.25, 0.3) is 6.08 Å². The van der Waals surface area contributed by atoms with Gasteiger partial charge in [-0.05, 0) is 91.8 Å². The molecule has 4 aromatic carbocycles. The molecular weight excluding hydrogens is 590 g/mol. The molecule has 4 aromatic rings. The first kappa shape index (κ1) is 27.4. The largest absolute Gasteiger partial charge is 0.488 e. The van der Waals surface area contributed by atoms with Crippen molar-refractivity contribution in [2.75, 3.05) is 4.90 Å². The van der Waals surface area contributed by atoms with Gasteiger partial charge in [0, 0.05) is 22.2 Å². The van der Waals surface area contributed by atoms with Crippen LogP contribution in [0.5, 0.6) is 5.75 Å². The van der Waals surface area contributed by atoms with Crippen LogP contribution in [-0.4, -0.2) is 16.0 Å². The molecule has 0 N–H and O–H groups in total. The zero-order valence-electron chi connectivity index (χ0n) is 21.7. The van der Waals surface area contributed by atoms with Crippen LogP contribution in [0.4, 0.5) is 17.1 Å². The Balaban J connectivity index is 1.47. The van der Waals surface area contributed by atoms with Crippen molar-refractivity contribution in [3.63, 3.8) is 0 Å². The number of hydrogen-bond acceptors (Lipinski definition) is 6. The Morgan fingerprint density at radius 3 is 2.25 bits per heavy atom. The van der Waals surface area contributed by atoms with E-state index in [-0.39, 0.29) is 18.2 Å². The molecule has 0 radical (unpaired) electrons. The van der Waals surface area contributed by atoms with E-state index in [9.17, 15) is 14.9 Å². The van der Waals surface area contributed by atoms with Crippen LogP contribution in [0.2, 0.25) is 0 Å². The van der Waals surface area contributed by atoms with Gasteiger partial charge in [0.2, 0.25) is 0 Å². The average molecular weight is 615 g/mol. The van der Waals surface area contributed by atoms with Gasteiger partial charge >= 0.3 is 0 Å². The number of nitro groups is 1. The van der Waals surface area contributed by atoms with Gasteiger partial charge in [-0.15, -0.1) is 0 Å². The highest BCUT2D eigenvalue weighted by Gasteiger charge is 2.35. The van der Waals surface area contributed by atoms with Crippen molar-refractivity contribution in [2.45, 2.75) is 20.5 Å². The van der Waals surface area contributed by atoms with Gasteiger partial charge in [-0.3, -0.25) is 19.8 Å². The predicted octanol–water partition coefficient (Wildman–Crippen LogP) is 8.36. The zero-order chi connectivity index (χ0) is 28.2. The summed E-state index contributed by atoms with van der Waals surface area (Å²) in [6.07, 6.45) is 1.81. The maximum absolute atomic E-state index is 13.8. The lowest BCUT2D eigenvalue weighted by atomic mass is 10.1. The minimum Gasteiger partial charge on any atom is -0.488 e. The van der Waals surface area contributed by atoms with Gasteiger partial charge < -0.3 is 4.74 Å². The van der Waals surface area contributed by atoms with Crippen molar-refractivity contribution in [1.82, 2.24) is 0 Å². The van der Waals surface area contributed by atoms with Crippen LogP contribution >= 0.6 is 27.7 Å². The number of carbonyl (C=O) groups excluding carboxylic acids is 1. The third-order valence-electron chi connectivity index (χ3n) is 6.16. The number of anilines is 1. The average Bonchev–Trinajstić information content (AvgIpc) is 3.24. The number of amides is 1. The molecule has 9 heteroatoms. The summed E-state index contributed by atoms with van der Waals surface area (Å²) in [5.41, 5.74) is 5.25. The van der Waals surface area contributed by atoms with Gasteiger partial charge in [0.15, 0.2) is 5.17 Å². The summed E-state index contributed by atoms with van der Waals surface area (Å²) in [5.74, 6) is 0.397. The summed E-state index contributed by atoms with van der Waals surface area (Å²) in [6, 6.07) is 27.4. The van der Waals surface area contributed by atoms with Crippen LogP contribution in [0.3, 0.4) is 0 Å².